The predicted molar refractivity (Wildman–Crippen MR) is 109 cm³/mol. The molecule has 2 saturated carbocycles. The lowest BCUT2D eigenvalue weighted by atomic mass is 10.1. The van der Waals surface area contributed by atoms with Crippen molar-refractivity contribution in [2.24, 2.45) is 5.92 Å². The molecular weight excluding hydrogens is 398 g/mol. The van der Waals surface area contributed by atoms with Crippen LogP contribution >= 0.6 is 11.3 Å². The third-order valence-electron chi connectivity index (χ3n) is 5.36. The number of benzene rings is 1. The van der Waals surface area contributed by atoms with Crippen LogP contribution in [0.3, 0.4) is 0 Å². The molecule has 1 aromatic heterocycles. The molecule has 2 aliphatic carbocycles. The number of sulfonamides is 1. The molecule has 1 aromatic carbocycles. The molecule has 0 aliphatic heterocycles. The summed E-state index contributed by atoms with van der Waals surface area (Å²) in [6, 6.07) is 3.23. The van der Waals surface area contributed by atoms with Gasteiger partial charge < -0.3 is 10.3 Å². The minimum atomic E-state index is -3.75. The van der Waals surface area contributed by atoms with E-state index in [1.807, 2.05) is 0 Å². The van der Waals surface area contributed by atoms with Gasteiger partial charge >= 0.3 is 4.87 Å². The van der Waals surface area contributed by atoms with E-state index in [4.69, 9.17) is 0 Å². The molecule has 2 fully saturated rings. The molecule has 1 amide bonds. The fourth-order valence-corrected chi connectivity index (χ4v) is 5.77. The monoisotopic (exact) mass is 421 g/mol. The number of aromatic amines is 1. The summed E-state index contributed by atoms with van der Waals surface area (Å²) in [6.07, 6.45) is 5.42. The first-order valence-electron chi connectivity index (χ1n) is 9.49. The molecule has 0 spiro atoms. The Morgan fingerprint density at radius 1 is 1.18 bits per heavy atom. The van der Waals surface area contributed by atoms with Crippen molar-refractivity contribution < 1.29 is 13.2 Å². The minimum absolute atomic E-state index is 0.000631. The zero-order valence-corrected chi connectivity index (χ0v) is 17.2. The van der Waals surface area contributed by atoms with Gasteiger partial charge in [0.15, 0.2) is 0 Å². The number of hydrogen-bond acceptors (Lipinski definition) is 5. The summed E-state index contributed by atoms with van der Waals surface area (Å²) in [5.41, 5.74) is 2.06. The highest BCUT2D eigenvalue weighted by atomic mass is 32.2. The number of amides is 1. The van der Waals surface area contributed by atoms with Crippen LogP contribution in [-0.2, 0) is 14.8 Å². The molecule has 150 valence electrons. The zero-order valence-electron chi connectivity index (χ0n) is 15.6. The maximum absolute atomic E-state index is 13.1. The number of hydrogen-bond donors (Lipinski definition) is 3. The molecule has 1 heterocycles. The maximum Gasteiger partial charge on any atom is 0.304 e. The van der Waals surface area contributed by atoms with Crippen molar-refractivity contribution in [3.8, 4) is 11.3 Å². The van der Waals surface area contributed by atoms with Crippen molar-refractivity contribution in [2.45, 2.75) is 56.4 Å². The van der Waals surface area contributed by atoms with Crippen molar-refractivity contribution in [3.05, 3.63) is 32.7 Å². The van der Waals surface area contributed by atoms with Crippen molar-refractivity contribution in [3.63, 3.8) is 0 Å². The summed E-state index contributed by atoms with van der Waals surface area (Å²) in [5.74, 6) is -0.0909. The Morgan fingerprint density at radius 2 is 1.89 bits per heavy atom. The van der Waals surface area contributed by atoms with Crippen LogP contribution in [0.5, 0.6) is 0 Å². The Balaban J connectivity index is 1.76. The Kier molecular flexibility index (Phi) is 5.15. The standard InChI is InChI=1S/C19H23N3O4S2/c1-11-15(20-18(23)12-6-7-12)8-13(16-10-27-19(24)21-16)9-17(11)28(25,26)22-14-4-2-3-5-14/h8-10,12,14,22H,2-7H2,1H3,(H,20,23)(H,21,24). The molecule has 0 atom stereocenters. The van der Waals surface area contributed by atoms with Crippen LogP contribution in [0.1, 0.15) is 44.1 Å². The molecule has 4 rings (SSSR count). The highest BCUT2D eigenvalue weighted by molar-refractivity contribution is 7.89. The van der Waals surface area contributed by atoms with E-state index >= 15 is 0 Å². The van der Waals surface area contributed by atoms with Crippen LogP contribution < -0.4 is 14.9 Å². The van der Waals surface area contributed by atoms with E-state index in [-0.39, 0.29) is 27.6 Å². The van der Waals surface area contributed by atoms with Gasteiger partial charge in [-0.25, -0.2) is 13.1 Å². The first-order valence-corrected chi connectivity index (χ1v) is 11.9. The van der Waals surface area contributed by atoms with Gasteiger partial charge in [0.05, 0.1) is 10.6 Å². The quantitative estimate of drug-likeness (QED) is 0.666. The first-order chi connectivity index (χ1) is 13.3. The summed E-state index contributed by atoms with van der Waals surface area (Å²) in [5, 5.41) is 4.53. The smallest absolute Gasteiger partial charge is 0.304 e. The molecule has 2 aliphatic rings. The number of carbonyl (C=O) groups excluding carboxylic acids is 1. The highest BCUT2D eigenvalue weighted by Gasteiger charge is 2.31. The van der Waals surface area contributed by atoms with E-state index in [0.29, 0.717) is 22.5 Å². The average molecular weight is 422 g/mol. The zero-order chi connectivity index (χ0) is 19.9. The minimum Gasteiger partial charge on any atom is -0.326 e. The Morgan fingerprint density at radius 3 is 2.50 bits per heavy atom. The molecular formula is C19H23N3O4S2. The van der Waals surface area contributed by atoms with Crippen molar-refractivity contribution in [1.82, 2.24) is 9.71 Å². The number of aromatic nitrogens is 1. The predicted octanol–water partition coefficient (Wildman–Crippen LogP) is 2.98. The Hall–Kier alpha value is -1.97. The van der Waals surface area contributed by atoms with Gasteiger partial charge in [-0.1, -0.05) is 24.2 Å². The van der Waals surface area contributed by atoms with Crippen LogP contribution in [0.15, 0.2) is 27.2 Å². The van der Waals surface area contributed by atoms with Gasteiger partial charge in [-0.3, -0.25) is 9.59 Å². The van der Waals surface area contributed by atoms with Crippen LogP contribution in [0.25, 0.3) is 11.3 Å². The van der Waals surface area contributed by atoms with Gasteiger partial charge in [0.1, 0.15) is 0 Å². The van der Waals surface area contributed by atoms with Crippen molar-refractivity contribution in [1.29, 1.82) is 0 Å². The van der Waals surface area contributed by atoms with Crippen molar-refractivity contribution >= 4 is 33.0 Å². The second-order valence-corrected chi connectivity index (χ2v) is 10.1. The average Bonchev–Trinajstić information content (AvgIpc) is 3.22. The molecule has 0 saturated heterocycles. The van der Waals surface area contributed by atoms with E-state index in [9.17, 15) is 18.0 Å². The molecule has 0 unspecified atom stereocenters. The first kappa shape index (κ1) is 19.4. The van der Waals surface area contributed by atoms with E-state index < -0.39 is 10.0 Å². The van der Waals surface area contributed by atoms with Crippen LogP contribution in [-0.4, -0.2) is 25.4 Å². The molecule has 0 bridgehead atoms. The number of carbonyl (C=O) groups is 1. The summed E-state index contributed by atoms with van der Waals surface area (Å²) >= 11 is 1.01. The van der Waals surface area contributed by atoms with Gasteiger partial charge in [-0.05, 0) is 50.3 Å². The SMILES string of the molecule is Cc1c(NC(=O)C2CC2)cc(-c2csc(=O)[nH]2)cc1S(=O)(=O)NC1CCCC1. The van der Waals surface area contributed by atoms with Gasteiger partial charge in [0.25, 0.3) is 0 Å². The lowest BCUT2D eigenvalue weighted by Gasteiger charge is -2.18. The second-order valence-electron chi connectivity index (χ2n) is 7.57. The second kappa shape index (κ2) is 7.46. The van der Waals surface area contributed by atoms with Crippen molar-refractivity contribution in [2.75, 3.05) is 5.32 Å². The number of anilines is 1. The Labute approximate surface area is 167 Å². The fraction of sp³-hybridized carbons (Fsp3) is 0.474. The summed E-state index contributed by atoms with van der Waals surface area (Å²) in [6.45, 7) is 1.70. The van der Waals surface area contributed by atoms with Gasteiger partial charge in [0, 0.05) is 28.6 Å². The topological polar surface area (TPSA) is 108 Å². The highest BCUT2D eigenvalue weighted by Crippen LogP contribution is 2.34. The molecule has 28 heavy (non-hydrogen) atoms. The molecule has 2 aromatic rings. The maximum atomic E-state index is 13.1. The normalized spacial score (nSPS) is 17.8. The molecule has 9 heteroatoms. The summed E-state index contributed by atoms with van der Waals surface area (Å²) in [4.78, 5) is 26.5. The lowest BCUT2D eigenvalue weighted by molar-refractivity contribution is -0.117. The van der Waals surface area contributed by atoms with Gasteiger partial charge in [-0.2, -0.15) is 0 Å². The number of nitrogens with one attached hydrogen (secondary N) is 3. The van der Waals surface area contributed by atoms with Gasteiger partial charge in [-0.15, -0.1) is 0 Å². The fourth-order valence-electron chi connectivity index (χ4n) is 3.58. The van der Waals surface area contributed by atoms with Gasteiger partial charge in [0.2, 0.25) is 15.9 Å². The largest absolute Gasteiger partial charge is 0.326 e. The number of H-pyrrole nitrogens is 1. The van der Waals surface area contributed by atoms with E-state index in [0.717, 1.165) is 49.9 Å². The van der Waals surface area contributed by atoms with E-state index in [1.165, 1.54) is 0 Å². The molecule has 3 N–H and O–H groups in total. The molecule has 7 nitrogen and oxygen atoms in total. The number of rotatable bonds is 6. The third kappa shape index (κ3) is 4.06. The summed E-state index contributed by atoms with van der Waals surface area (Å²) in [7, 11) is -3.75. The van der Waals surface area contributed by atoms with Crippen LogP contribution in [0.4, 0.5) is 5.69 Å². The van der Waals surface area contributed by atoms with Crippen LogP contribution in [0, 0.1) is 12.8 Å². The summed E-state index contributed by atoms with van der Waals surface area (Å²) < 4.78 is 29.0. The molecule has 0 radical (unpaired) electrons. The number of thiazole rings is 1. The lowest BCUT2D eigenvalue weighted by Crippen LogP contribution is -2.33. The van der Waals surface area contributed by atoms with Crippen LogP contribution in [0.2, 0.25) is 0 Å². The Bertz CT molecular complexity index is 1060. The van der Waals surface area contributed by atoms with E-state index in [1.54, 1.807) is 24.4 Å². The van der Waals surface area contributed by atoms with E-state index in [2.05, 4.69) is 15.0 Å². The third-order valence-corrected chi connectivity index (χ3v) is 7.68.